The molecule has 0 saturated carbocycles. The monoisotopic (exact) mass is 325 g/mol. The summed E-state index contributed by atoms with van der Waals surface area (Å²) in [5.41, 5.74) is 0.585. The zero-order valence-electron chi connectivity index (χ0n) is 11.5. The summed E-state index contributed by atoms with van der Waals surface area (Å²) < 4.78 is 0. The minimum absolute atomic E-state index is 0.0710. The summed E-state index contributed by atoms with van der Waals surface area (Å²) in [6, 6.07) is 6.58. The van der Waals surface area contributed by atoms with Crippen LogP contribution in [0.2, 0.25) is 5.02 Å². The number of thiazole rings is 1. The Labute approximate surface area is 132 Å². The zero-order valence-corrected chi connectivity index (χ0v) is 13.0. The fourth-order valence-electron chi connectivity index (χ4n) is 1.71. The molecule has 2 rings (SSSR count). The summed E-state index contributed by atoms with van der Waals surface area (Å²) >= 11 is 7.41. The summed E-state index contributed by atoms with van der Waals surface area (Å²) in [6.45, 7) is 2.10. The topological polar surface area (TPSA) is 74.2 Å². The number of nitrogens with one attached hydrogen (secondary N) is 2. The molecule has 1 heterocycles. The Kier molecular flexibility index (Phi) is 5.55. The number of anilines is 1. The van der Waals surface area contributed by atoms with Crippen molar-refractivity contribution in [2.45, 2.75) is 19.4 Å². The SMILES string of the molecule is CCc1cnc(NC(=O)NCC(O)c2ccccc2Cl)s1. The second-order valence-corrected chi connectivity index (χ2v) is 5.88. The lowest BCUT2D eigenvalue weighted by Crippen LogP contribution is -2.32. The van der Waals surface area contributed by atoms with Crippen LogP contribution in [-0.2, 0) is 6.42 Å². The van der Waals surface area contributed by atoms with E-state index in [-0.39, 0.29) is 6.54 Å². The van der Waals surface area contributed by atoms with Gasteiger partial charge in [0.2, 0.25) is 0 Å². The predicted molar refractivity (Wildman–Crippen MR) is 84.9 cm³/mol. The van der Waals surface area contributed by atoms with E-state index < -0.39 is 12.1 Å². The number of aryl methyl sites for hydroxylation is 1. The van der Waals surface area contributed by atoms with Crippen molar-refractivity contribution < 1.29 is 9.90 Å². The van der Waals surface area contributed by atoms with Crippen molar-refractivity contribution in [3.05, 3.63) is 45.9 Å². The second kappa shape index (κ2) is 7.40. The van der Waals surface area contributed by atoms with Gasteiger partial charge in [-0.2, -0.15) is 0 Å². The molecule has 1 atom stereocenters. The molecule has 0 saturated heterocycles. The number of aliphatic hydroxyl groups excluding tert-OH is 1. The fourth-order valence-corrected chi connectivity index (χ4v) is 2.72. The number of urea groups is 1. The highest BCUT2D eigenvalue weighted by atomic mass is 35.5. The minimum atomic E-state index is -0.855. The second-order valence-electron chi connectivity index (χ2n) is 4.36. The number of carbonyl (C=O) groups is 1. The van der Waals surface area contributed by atoms with E-state index in [4.69, 9.17) is 11.6 Å². The number of benzene rings is 1. The van der Waals surface area contributed by atoms with Crippen LogP contribution >= 0.6 is 22.9 Å². The summed E-state index contributed by atoms with van der Waals surface area (Å²) in [6.07, 6.45) is 1.76. The van der Waals surface area contributed by atoms with E-state index in [1.165, 1.54) is 11.3 Å². The van der Waals surface area contributed by atoms with E-state index in [1.807, 2.05) is 6.92 Å². The maximum atomic E-state index is 11.7. The van der Waals surface area contributed by atoms with Crippen molar-refractivity contribution in [1.29, 1.82) is 0 Å². The first-order chi connectivity index (χ1) is 10.1. The predicted octanol–water partition coefficient (Wildman–Crippen LogP) is 3.21. The van der Waals surface area contributed by atoms with Crippen molar-refractivity contribution in [3.8, 4) is 0 Å². The van der Waals surface area contributed by atoms with Gasteiger partial charge in [0.05, 0.1) is 6.10 Å². The van der Waals surface area contributed by atoms with Gasteiger partial charge in [-0.3, -0.25) is 5.32 Å². The van der Waals surface area contributed by atoms with Crippen LogP contribution in [0.1, 0.15) is 23.5 Å². The molecular formula is C14H16ClN3O2S. The standard InChI is InChI=1S/C14H16ClN3O2S/c1-2-9-7-17-14(21-9)18-13(20)16-8-12(19)10-5-3-4-6-11(10)15/h3-7,12,19H,2,8H2,1H3,(H2,16,17,18,20). The van der Waals surface area contributed by atoms with Crippen molar-refractivity contribution in [2.24, 2.45) is 0 Å². The van der Waals surface area contributed by atoms with Crippen LogP contribution < -0.4 is 10.6 Å². The van der Waals surface area contributed by atoms with Gasteiger partial charge in [0.1, 0.15) is 0 Å². The van der Waals surface area contributed by atoms with Gasteiger partial charge >= 0.3 is 6.03 Å². The van der Waals surface area contributed by atoms with Crippen LogP contribution in [0, 0.1) is 0 Å². The molecule has 7 heteroatoms. The van der Waals surface area contributed by atoms with Gasteiger partial charge in [-0.1, -0.05) is 36.7 Å². The van der Waals surface area contributed by atoms with Crippen LogP contribution in [0.4, 0.5) is 9.93 Å². The number of aliphatic hydroxyl groups is 1. The lowest BCUT2D eigenvalue weighted by atomic mass is 10.1. The Balaban J connectivity index is 1.85. The molecule has 21 heavy (non-hydrogen) atoms. The third-order valence-electron chi connectivity index (χ3n) is 2.84. The average molecular weight is 326 g/mol. The highest BCUT2D eigenvalue weighted by Crippen LogP contribution is 2.22. The Morgan fingerprint density at radius 1 is 1.48 bits per heavy atom. The molecule has 0 aliphatic rings. The number of amides is 2. The minimum Gasteiger partial charge on any atom is -0.387 e. The molecule has 1 aromatic heterocycles. The van der Waals surface area contributed by atoms with Crippen LogP contribution in [0.5, 0.6) is 0 Å². The lowest BCUT2D eigenvalue weighted by Gasteiger charge is -2.13. The normalized spacial score (nSPS) is 12.0. The third kappa shape index (κ3) is 4.42. The molecule has 1 aromatic carbocycles. The van der Waals surface area contributed by atoms with Gasteiger partial charge in [0, 0.05) is 28.2 Å². The highest BCUT2D eigenvalue weighted by molar-refractivity contribution is 7.15. The van der Waals surface area contributed by atoms with Gasteiger partial charge in [-0.05, 0) is 12.5 Å². The van der Waals surface area contributed by atoms with E-state index in [0.29, 0.717) is 15.7 Å². The van der Waals surface area contributed by atoms with E-state index >= 15 is 0 Å². The first kappa shape index (κ1) is 15.8. The zero-order chi connectivity index (χ0) is 15.2. The van der Waals surface area contributed by atoms with Crippen molar-refractivity contribution >= 4 is 34.1 Å². The fraction of sp³-hybridized carbons (Fsp3) is 0.286. The summed E-state index contributed by atoms with van der Waals surface area (Å²) in [5, 5.41) is 16.3. The maximum Gasteiger partial charge on any atom is 0.321 e. The van der Waals surface area contributed by atoms with Crippen molar-refractivity contribution in [2.75, 3.05) is 11.9 Å². The van der Waals surface area contributed by atoms with Crippen molar-refractivity contribution in [1.82, 2.24) is 10.3 Å². The molecule has 2 aromatic rings. The van der Waals surface area contributed by atoms with Crippen LogP contribution in [0.15, 0.2) is 30.5 Å². The summed E-state index contributed by atoms with van der Waals surface area (Å²) in [7, 11) is 0. The van der Waals surface area contributed by atoms with E-state index in [0.717, 1.165) is 11.3 Å². The number of carbonyl (C=O) groups excluding carboxylic acids is 1. The molecule has 0 fully saturated rings. The smallest absolute Gasteiger partial charge is 0.321 e. The summed E-state index contributed by atoms with van der Waals surface area (Å²) in [5.74, 6) is 0. The maximum absolute atomic E-state index is 11.7. The molecule has 0 aliphatic heterocycles. The van der Waals surface area contributed by atoms with Gasteiger partial charge in [0.15, 0.2) is 5.13 Å². The van der Waals surface area contributed by atoms with E-state index in [9.17, 15) is 9.90 Å². The average Bonchev–Trinajstić information content (AvgIpc) is 2.93. The molecule has 0 aliphatic carbocycles. The molecule has 2 amide bonds. The number of rotatable bonds is 5. The molecule has 0 bridgehead atoms. The molecular weight excluding hydrogens is 310 g/mol. The molecule has 5 nitrogen and oxygen atoms in total. The molecule has 112 valence electrons. The molecule has 0 spiro atoms. The van der Waals surface area contributed by atoms with Crippen molar-refractivity contribution in [3.63, 3.8) is 0 Å². The quantitative estimate of drug-likeness (QED) is 0.790. The first-order valence-corrected chi connectivity index (χ1v) is 7.71. The molecule has 1 unspecified atom stereocenters. The molecule has 0 radical (unpaired) electrons. The van der Waals surface area contributed by atoms with Gasteiger partial charge in [-0.25, -0.2) is 9.78 Å². The number of nitrogens with zero attached hydrogens (tertiary/aromatic N) is 1. The number of halogens is 1. The number of aromatic nitrogens is 1. The summed E-state index contributed by atoms with van der Waals surface area (Å²) in [4.78, 5) is 16.9. The largest absolute Gasteiger partial charge is 0.387 e. The third-order valence-corrected chi connectivity index (χ3v) is 4.24. The number of hydrogen-bond donors (Lipinski definition) is 3. The Morgan fingerprint density at radius 2 is 2.24 bits per heavy atom. The Bertz CT molecular complexity index is 618. The van der Waals surface area contributed by atoms with Gasteiger partial charge < -0.3 is 10.4 Å². The van der Waals surface area contributed by atoms with Gasteiger partial charge in [-0.15, -0.1) is 11.3 Å². The highest BCUT2D eigenvalue weighted by Gasteiger charge is 2.13. The van der Waals surface area contributed by atoms with Crippen LogP contribution in [-0.4, -0.2) is 22.7 Å². The molecule has 3 N–H and O–H groups in total. The van der Waals surface area contributed by atoms with E-state index in [2.05, 4.69) is 15.6 Å². The van der Waals surface area contributed by atoms with E-state index in [1.54, 1.807) is 30.5 Å². The Hall–Kier alpha value is -1.63. The lowest BCUT2D eigenvalue weighted by molar-refractivity contribution is 0.175. The Morgan fingerprint density at radius 3 is 2.90 bits per heavy atom. The van der Waals surface area contributed by atoms with Crippen LogP contribution in [0.3, 0.4) is 0 Å². The number of hydrogen-bond acceptors (Lipinski definition) is 4. The van der Waals surface area contributed by atoms with Crippen LogP contribution in [0.25, 0.3) is 0 Å². The van der Waals surface area contributed by atoms with Gasteiger partial charge in [0.25, 0.3) is 0 Å². The first-order valence-electron chi connectivity index (χ1n) is 6.52.